The van der Waals surface area contributed by atoms with Gasteiger partial charge >= 0.3 is 0 Å². The summed E-state index contributed by atoms with van der Waals surface area (Å²) in [7, 11) is 0. The number of benzene rings is 1. The van der Waals surface area contributed by atoms with Gasteiger partial charge in [-0.25, -0.2) is 0 Å². The third-order valence-electron chi connectivity index (χ3n) is 4.89. The number of aromatic nitrogens is 1. The van der Waals surface area contributed by atoms with Gasteiger partial charge in [0.05, 0.1) is 6.07 Å². The molecule has 3 heterocycles. The minimum atomic E-state index is -1.11. The van der Waals surface area contributed by atoms with Crippen LogP contribution in [0.4, 0.5) is 0 Å². The maximum absolute atomic E-state index is 12.8. The van der Waals surface area contributed by atoms with E-state index in [1.54, 1.807) is 16.7 Å². The van der Waals surface area contributed by atoms with Crippen LogP contribution in [0.2, 0.25) is 0 Å². The highest BCUT2D eigenvalue weighted by molar-refractivity contribution is 9.10. The van der Waals surface area contributed by atoms with Gasteiger partial charge in [-0.05, 0) is 31.4 Å². The number of nitrogens with one attached hydrogen (secondary N) is 1. The van der Waals surface area contributed by atoms with Crippen molar-refractivity contribution in [3.63, 3.8) is 0 Å². The van der Waals surface area contributed by atoms with E-state index in [9.17, 15) is 15.2 Å². The number of amides is 1. The van der Waals surface area contributed by atoms with Crippen molar-refractivity contribution in [2.24, 2.45) is 0 Å². The number of carbonyl (C=O) groups is 1. The topological polar surface area (TPSA) is 80.1 Å². The number of aromatic amines is 1. The number of β-lactam (4-membered cyclic amide) rings is 1. The Labute approximate surface area is 152 Å². The van der Waals surface area contributed by atoms with Crippen molar-refractivity contribution in [1.82, 2.24) is 9.88 Å². The zero-order valence-electron chi connectivity index (χ0n) is 13.2. The first kappa shape index (κ1) is 16.0. The minimum Gasteiger partial charge on any atom is -0.385 e. The lowest BCUT2D eigenvalue weighted by molar-refractivity contribution is -0.153. The molecule has 2 saturated heterocycles. The van der Waals surface area contributed by atoms with Gasteiger partial charge in [-0.1, -0.05) is 34.1 Å². The number of fused-ring (bicyclic) bond motifs is 2. The minimum absolute atomic E-state index is 0.233. The van der Waals surface area contributed by atoms with Crippen LogP contribution in [0.25, 0.3) is 10.9 Å². The van der Waals surface area contributed by atoms with Gasteiger partial charge in [0.25, 0.3) is 0 Å². The zero-order chi connectivity index (χ0) is 17.3. The average molecular weight is 406 g/mol. The number of hydrogen-bond donors (Lipinski definition) is 2. The van der Waals surface area contributed by atoms with Gasteiger partial charge in [0, 0.05) is 16.0 Å². The molecule has 0 saturated carbocycles. The van der Waals surface area contributed by atoms with Crippen molar-refractivity contribution >= 4 is 44.5 Å². The third kappa shape index (κ3) is 1.88. The van der Waals surface area contributed by atoms with Gasteiger partial charge < -0.3 is 15.0 Å². The predicted octanol–water partition coefficient (Wildman–Crippen LogP) is 2.92. The summed E-state index contributed by atoms with van der Waals surface area (Å²) in [5.41, 5.74) is 1.51. The maximum atomic E-state index is 12.8. The molecule has 2 aliphatic rings. The van der Waals surface area contributed by atoms with Crippen LogP contribution >= 0.6 is 27.7 Å². The molecule has 1 amide bonds. The Morgan fingerprint density at radius 3 is 2.83 bits per heavy atom. The van der Waals surface area contributed by atoms with Crippen molar-refractivity contribution in [2.75, 3.05) is 0 Å². The molecule has 124 valence electrons. The van der Waals surface area contributed by atoms with E-state index in [0.29, 0.717) is 5.69 Å². The van der Waals surface area contributed by atoms with Gasteiger partial charge in [-0.2, -0.15) is 5.26 Å². The van der Waals surface area contributed by atoms with Crippen LogP contribution in [0.1, 0.15) is 25.6 Å². The van der Waals surface area contributed by atoms with Crippen LogP contribution in [-0.2, 0) is 4.79 Å². The molecule has 2 aliphatic heterocycles. The molecule has 1 aromatic heterocycles. The van der Waals surface area contributed by atoms with E-state index in [-0.39, 0.29) is 16.0 Å². The van der Waals surface area contributed by atoms with Crippen molar-refractivity contribution in [2.45, 2.75) is 40.4 Å². The molecule has 0 aliphatic carbocycles. The van der Waals surface area contributed by atoms with E-state index >= 15 is 0 Å². The standard InChI is InChI=1S/C17H16BrN3O2S/c1-16(2)12(8-19)21-14(23)17(18,15(21)24-16)13(22)11-7-9-5-3-4-6-10(9)20-11/h3-7,12-13,15,20,22H,1-2H3. The number of thioether (sulfide) groups is 1. The Balaban J connectivity index is 1.71. The predicted molar refractivity (Wildman–Crippen MR) is 96.6 cm³/mol. The summed E-state index contributed by atoms with van der Waals surface area (Å²) in [6.45, 7) is 3.92. The van der Waals surface area contributed by atoms with Crippen LogP contribution in [-0.4, -0.2) is 41.4 Å². The zero-order valence-corrected chi connectivity index (χ0v) is 15.6. The van der Waals surface area contributed by atoms with E-state index < -0.39 is 16.5 Å². The third-order valence-corrected chi connectivity index (χ3v) is 8.05. The molecule has 2 fully saturated rings. The van der Waals surface area contributed by atoms with Crippen molar-refractivity contribution in [3.05, 3.63) is 36.0 Å². The number of aliphatic hydroxyl groups is 1. The Hall–Kier alpha value is -1.49. The summed E-state index contributed by atoms with van der Waals surface area (Å²) < 4.78 is -1.48. The fourth-order valence-electron chi connectivity index (χ4n) is 3.57. The van der Waals surface area contributed by atoms with Gasteiger partial charge in [0.15, 0.2) is 4.32 Å². The average Bonchev–Trinajstić information content (AvgIpc) is 3.10. The van der Waals surface area contributed by atoms with Crippen LogP contribution in [0.15, 0.2) is 30.3 Å². The molecule has 4 rings (SSSR count). The lowest BCUT2D eigenvalue weighted by atomic mass is 9.86. The molecule has 5 nitrogen and oxygen atoms in total. The summed E-state index contributed by atoms with van der Waals surface area (Å²) in [6.07, 6.45) is -1.01. The Bertz CT molecular complexity index is 856. The van der Waals surface area contributed by atoms with E-state index in [4.69, 9.17) is 0 Å². The van der Waals surface area contributed by atoms with Crippen molar-refractivity contribution in [1.29, 1.82) is 5.26 Å². The Kier molecular flexibility index (Phi) is 3.34. The number of halogens is 1. The summed E-state index contributed by atoms with van der Waals surface area (Å²) in [4.78, 5) is 17.6. The SMILES string of the molecule is CC1(C)SC2N(C(=O)C2(Br)C(O)c2cc3ccccc3[nH]2)C1C#N. The van der Waals surface area contributed by atoms with E-state index in [1.807, 2.05) is 44.2 Å². The van der Waals surface area contributed by atoms with Crippen molar-refractivity contribution < 1.29 is 9.90 Å². The first-order chi connectivity index (χ1) is 11.3. The summed E-state index contributed by atoms with van der Waals surface area (Å²) in [5, 5.41) is 21.1. The normalized spacial score (nSPS) is 32.3. The Morgan fingerprint density at radius 1 is 1.46 bits per heavy atom. The summed E-state index contributed by atoms with van der Waals surface area (Å²) in [5.74, 6) is -0.233. The van der Waals surface area contributed by atoms with Crippen LogP contribution in [0, 0.1) is 11.3 Å². The number of para-hydroxylation sites is 1. The number of hydrogen-bond acceptors (Lipinski definition) is 4. The highest BCUT2D eigenvalue weighted by Gasteiger charge is 2.72. The number of aliphatic hydroxyl groups excluding tert-OH is 1. The molecule has 0 spiro atoms. The van der Waals surface area contributed by atoms with E-state index in [0.717, 1.165) is 10.9 Å². The fraction of sp³-hybridized carbons (Fsp3) is 0.412. The summed E-state index contributed by atoms with van der Waals surface area (Å²) in [6, 6.07) is 11.3. The van der Waals surface area contributed by atoms with Gasteiger partial charge in [0.2, 0.25) is 5.91 Å². The van der Waals surface area contributed by atoms with Crippen LogP contribution in [0.3, 0.4) is 0 Å². The molecule has 2 N–H and O–H groups in total. The molecular weight excluding hydrogens is 390 g/mol. The molecule has 4 atom stereocenters. The number of rotatable bonds is 2. The lowest BCUT2D eigenvalue weighted by Gasteiger charge is -2.51. The number of nitriles is 1. The second-order valence-corrected chi connectivity index (χ2v) is 9.85. The van der Waals surface area contributed by atoms with Gasteiger partial charge in [0.1, 0.15) is 17.5 Å². The highest BCUT2D eigenvalue weighted by atomic mass is 79.9. The van der Waals surface area contributed by atoms with Gasteiger partial charge in [-0.3, -0.25) is 4.79 Å². The van der Waals surface area contributed by atoms with E-state index in [2.05, 4.69) is 27.0 Å². The quantitative estimate of drug-likeness (QED) is 0.594. The first-order valence-electron chi connectivity index (χ1n) is 7.65. The molecule has 0 radical (unpaired) electrons. The second-order valence-electron chi connectivity index (χ2n) is 6.80. The number of H-pyrrole nitrogens is 1. The van der Waals surface area contributed by atoms with Gasteiger partial charge in [-0.15, -0.1) is 11.8 Å². The number of carbonyl (C=O) groups excluding carboxylic acids is 1. The van der Waals surface area contributed by atoms with Crippen LogP contribution < -0.4 is 0 Å². The molecule has 0 bridgehead atoms. The van der Waals surface area contributed by atoms with Crippen LogP contribution in [0.5, 0.6) is 0 Å². The second kappa shape index (κ2) is 5.01. The first-order valence-corrected chi connectivity index (χ1v) is 9.33. The summed E-state index contributed by atoms with van der Waals surface area (Å²) >= 11 is 5.07. The molecule has 1 aromatic carbocycles. The maximum Gasteiger partial charge on any atom is 0.247 e. The fourth-order valence-corrected chi connectivity index (χ4v) is 6.12. The number of nitrogens with zero attached hydrogens (tertiary/aromatic N) is 2. The monoisotopic (exact) mass is 405 g/mol. The molecule has 7 heteroatoms. The molecule has 4 unspecified atom stereocenters. The Morgan fingerprint density at radius 2 is 2.17 bits per heavy atom. The molecule has 24 heavy (non-hydrogen) atoms. The van der Waals surface area contributed by atoms with E-state index in [1.165, 1.54) is 0 Å². The molecular formula is C17H16BrN3O2S. The smallest absolute Gasteiger partial charge is 0.247 e. The molecule has 2 aromatic rings. The number of alkyl halides is 1. The van der Waals surface area contributed by atoms with Crippen molar-refractivity contribution in [3.8, 4) is 6.07 Å². The largest absolute Gasteiger partial charge is 0.385 e. The highest BCUT2D eigenvalue weighted by Crippen LogP contribution is 2.61. The lowest BCUT2D eigenvalue weighted by Crippen LogP contribution is -2.71.